The Kier molecular flexibility index (Phi) is 20.2. The van der Waals surface area contributed by atoms with Crippen molar-refractivity contribution >= 4 is 41.3 Å². The van der Waals surface area contributed by atoms with Gasteiger partial charge in [-0.05, 0) is 98.1 Å². The van der Waals surface area contributed by atoms with Crippen molar-refractivity contribution in [2.75, 3.05) is 52.2 Å². The number of hydrogen-bond donors (Lipinski definition) is 7. The quantitative estimate of drug-likeness (QED) is 0.0463. The summed E-state index contributed by atoms with van der Waals surface area (Å²) in [4.78, 5) is 72.2. The Morgan fingerprint density at radius 3 is 2.24 bits per heavy atom. The summed E-state index contributed by atoms with van der Waals surface area (Å²) in [6.45, 7) is 5.98. The molecule has 0 radical (unpaired) electrons. The lowest BCUT2D eigenvalue weighted by molar-refractivity contribution is -0.141. The first-order chi connectivity index (χ1) is 30.4. The van der Waals surface area contributed by atoms with Gasteiger partial charge in [-0.3, -0.25) is 24.0 Å². The summed E-state index contributed by atoms with van der Waals surface area (Å²) >= 11 is 1.75. The van der Waals surface area contributed by atoms with Gasteiger partial charge in [-0.1, -0.05) is 44.7 Å². The number of nitrogens with one attached hydrogen (secondary N) is 4. The van der Waals surface area contributed by atoms with Crippen LogP contribution >= 0.6 is 11.8 Å². The van der Waals surface area contributed by atoms with Crippen LogP contribution in [0.3, 0.4) is 0 Å². The average molecular weight is 886 g/mol. The van der Waals surface area contributed by atoms with E-state index in [1.165, 1.54) is 44.6 Å². The standard InChI is InChI=1S/C46H63N9O7S/c1-5-6-7-8-9-24-63-33-12-13-34(29(2)25-33)43(57)53-37(16-17-47)46(60)55(4)41-32-11-15-40(62-23-20-50)36(28-32)35-26-31(10-14-39(35)61-22-19-49)27-38(44(58)51-21-18-48)54-42(56)30(3)52-45(41)59/h10-15,25-26,28,30,37-38,41H,5-9,16-17,19-24,27,47,49-50H2,1-4H3,(H,51,58)(H,52,59)(H,53,57)(H,54,56)/t30-,37-,38-,41-/m0/s1. The van der Waals surface area contributed by atoms with Gasteiger partial charge in [-0.15, -0.1) is 11.8 Å². The summed E-state index contributed by atoms with van der Waals surface area (Å²) in [6.07, 6.45) is 6.03. The summed E-state index contributed by atoms with van der Waals surface area (Å²) in [7, 11) is 1.44. The average Bonchev–Trinajstić information content (AvgIpc) is 3.27. The summed E-state index contributed by atoms with van der Waals surface area (Å²) in [5, 5.41) is 20.0. The zero-order valence-electron chi connectivity index (χ0n) is 36.8. The molecule has 1 heterocycles. The smallest absolute Gasteiger partial charge is 0.252 e. The summed E-state index contributed by atoms with van der Waals surface area (Å²) < 4.78 is 12.2. The molecule has 0 fully saturated rings. The number of carbonyl (C=O) groups excluding carboxylic acids is 5. The van der Waals surface area contributed by atoms with Crippen LogP contribution in [0.2, 0.25) is 0 Å². The SMILES string of the molecule is CCCCCCCSc1ccc(C(=O)N[C@@H](CCN)C(=O)N(C)[C@@H]2C(=O)N[C@@H](C)C(=O)N[C@H](C(=O)NCC#N)Cc3ccc(OCCN)c(c3)-c3cc2ccc3OCCN)c(C)c1. The summed E-state index contributed by atoms with van der Waals surface area (Å²) in [5.74, 6) is -1.30. The maximum absolute atomic E-state index is 14.6. The van der Waals surface area contributed by atoms with Crippen molar-refractivity contribution in [1.82, 2.24) is 26.2 Å². The molecule has 10 N–H and O–H groups in total. The van der Waals surface area contributed by atoms with Crippen molar-refractivity contribution < 1.29 is 33.4 Å². The molecule has 3 aromatic rings. The number of benzene rings is 3. The fourth-order valence-corrected chi connectivity index (χ4v) is 8.25. The van der Waals surface area contributed by atoms with Crippen LogP contribution in [-0.4, -0.2) is 105 Å². The molecule has 1 aliphatic heterocycles. The lowest BCUT2D eigenvalue weighted by atomic mass is 9.93. The first-order valence-electron chi connectivity index (χ1n) is 21.6. The van der Waals surface area contributed by atoms with Gasteiger partial charge in [0.05, 0.1) is 6.07 Å². The second kappa shape index (κ2) is 25.4. The fourth-order valence-electron chi connectivity index (χ4n) is 7.24. The predicted octanol–water partition coefficient (Wildman–Crippen LogP) is 3.23. The van der Waals surface area contributed by atoms with Crippen molar-refractivity contribution in [3.8, 4) is 28.7 Å². The Balaban J connectivity index is 1.76. The Bertz CT molecular complexity index is 2090. The van der Waals surface area contributed by atoms with Gasteiger partial charge in [0.2, 0.25) is 23.6 Å². The number of hydrogen-bond acceptors (Lipinski definition) is 12. The maximum Gasteiger partial charge on any atom is 0.252 e. The van der Waals surface area contributed by atoms with Gasteiger partial charge in [0.15, 0.2) is 0 Å². The Morgan fingerprint density at radius 1 is 0.905 bits per heavy atom. The highest BCUT2D eigenvalue weighted by Crippen LogP contribution is 2.40. The number of amides is 5. The largest absolute Gasteiger partial charge is 0.492 e. The topological polar surface area (TPSA) is 257 Å². The van der Waals surface area contributed by atoms with Crippen molar-refractivity contribution in [1.29, 1.82) is 5.26 Å². The minimum absolute atomic E-state index is 0.0163. The first-order valence-corrected chi connectivity index (χ1v) is 22.5. The molecule has 4 atom stereocenters. The van der Waals surface area contributed by atoms with E-state index < -0.39 is 53.7 Å². The van der Waals surface area contributed by atoms with Crippen LogP contribution in [0.15, 0.2) is 59.5 Å². The van der Waals surface area contributed by atoms with Gasteiger partial charge in [0.25, 0.3) is 5.91 Å². The molecule has 0 unspecified atom stereocenters. The predicted molar refractivity (Wildman–Crippen MR) is 244 cm³/mol. The number of fused-ring (bicyclic) bond motifs is 5. The van der Waals surface area contributed by atoms with Gasteiger partial charge in [0, 0.05) is 48.1 Å². The number of nitrogens with zero attached hydrogens (tertiary/aromatic N) is 2. The van der Waals surface area contributed by atoms with Crippen molar-refractivity contribution in [2.24, 2.45) is 17.2 Å². The summed E-state index contributed by atoms with van der Waals surface area (Å²) in [5.41, 5.74) is 20.8. The van der Waals surface area contributed by atoms with Gasteiger partial charge >= 0.3 is 0 Å². The van der Waals surface area contributed by atoms with E-state index in [0.717, 1.165) is 22.6 Å². The number of carbonyl (C=O) groups is 5. The molecule has 0 aliphatic carbocycles. The van der Waals surface area contributed by atoms with E-state index in [-0.39, 0.29) is 52.2 Å². The lowest BCUT2D eigenvalue weighted by Gasteiger charge is -2.32. The zero-order chi connectivity index (χ0) is 45.9. The number of likely N-dealkylation sites (N-methyl/N-ethyl adjacent to an activating group) is 1. The van der Waals surface area contributed by atoms with Crippen LogP contribution in [0.25, 0.3) is 11.1 Å². The van der Waals surface area contributed by atoms with E-state index in [9.17, 15) is 24.0 Å². The molecule has 1 aliphatic rings. The van der Waals surface area contributed by atoms with E-state index >= 15 is 0 Å². The second-order valence-electron chi connectivity index (χ2n) is 15.4. The van der Waals surface area contributed by atoms with Crippen molar-refractivity contribution in [3.63, 3.8) is 0 Å². The van der Waals surface area contributed by atoms with Crippen LogP contribution in [-0.2, 0) is 25.6 Å². The van der Waals surface area contributed by atoms with Crippen LogP contribution < -0.4 is 47.9 Å². The highest BCUT2D eigenvalue weighted by atomic mass is 32.2. The highest BCUT2D eigenvalue weighted by Gasteiger charge is 2.36. The van der Waals surface area contributed by atoms with Gasteiger partial charge in [0.1, 0.15) is 55.4 Å². The maximum atomic E-state index is 14.6. The van der Waals surface area contributed by atoms with Crippen molar-refractivity contribution in [3.05, 3.63) is 76.9 Å². The van der Waals surface area contributed by atoms with Gasteiger partial charge in [-0.2, -0.15) is 5.26 Å². The third-order valence-corrected chi connectivity index (χ3v) is 11.7. The molecule has 340 valence electrons. The van der Waals surface area contributed by atoms with E-state index in [0.29, 0.717) is 39.3 Å². The van der Waals surface area contributed by atoms with Gasteiger partial charge in [-0.25, -0.2) is 0 Å². The van der Waals surface area contributed by atoms with E-state index in [4.69, 9.17) is 31.9 Å². The molecule has 0 saturated carbocycles. The van der Waals surface area contributed by atoms with Crippen LogP contribution in [0.4, 0.5) is 0 Å². The number of thioether (sulfide) groups is 1. The molecule has 0 spiro atoms. The van der Waals surface area contributed by atoms with E-state index in [1.54, 1.807) is 54.2 Å². The Hall–Kier alpha value is -5.67. The number of nitrogens with two attached hydrogens (primary N) is 3. The Labute approximate surface area is 374 Å². The molecular weight excluding hydrogens is 823 g/mol. The Morgan fingerprint density at radius 2 is 1.59 bits per heavy atom. The number of unbranched alkanes of at least 4 members (excludes halogenated alkanes) is 4. The second-order valence-corrected chi connectivity index (χ2v) is 16.6. The summed E-state index contributed by atoms with van der Waals surface area (Å²) in [6, 6.07) is 12.9. The highest BCUT2D eigenvalue weighted by molar-refractivity contribution is 7.99. The molecule has 16 nitrogen and oxygen atoms in total. The lowest BCUT2D eigenvalue weighted by Crippen LogP contribution is -2.56. The number of rotatable bonds is 21. The molecule has 4 bridgehead atoms. The molecule has 4 rings (SSSR count). The zero-order valence-corrected chi connectivity index (χ0v) is 37.6. The molecule has 63 heavy (non-hydrogen) atoms. The van der Waals surface area contributed by atoms with Crippen LogP contribution in [0.5, 0.6) is 11.5 Å². The van der Waals surface area contributed by atoms with E-state index in [1.807, 2.05) is 25.1 Å². The molecule has 0 saturated heterocycles. The van der Waals surface area contributed by atoms with Crippen LogP contribution in [0, 0.1) is 18.3 Å². The molecule has 5 amide bonds. The number of aryl methyl sites for hydroxylation is 1. The van der Waals surface area contributed by atoms with E-state index in [2.05, 4.69) is 28.2 Å². The number of ether oxygens (including phenoxy) is 2. The first kappa shape index (κ1) is 50.0. The third-order valence-electron chi connectivity index (χ3n) is 10.6. The normalized spacial score (nSPS) is 16.6. The molecule has 17 heteroatoms. The fraction of sp³-hybridized carbons (Fsp3) is 0.478. The third kappa shape index (κ3) is 14.2. The molecule has 0 aromatic heterocycles. The van der Waals surface area contributed by atoms with Gasteiger partial charge < -0.3 is 52.8 Å². The minimum atomic E-state index is -1.36. The van der Waals surface area contributed by atoms with Crippen molar-refractivity contribution in [2.45, 2.75) is 94.8 Å². The molecule has 3 aromatic carbocycles. The minimum Gasteiger partial charge on any atom is -0.492 e. The molecular formula is C46H63N9O7S. The number of nitriles is 1. The van der Waals surface area contributed by atoms with Crippen LogP contribution in [0.1, 0.15) is 85.5 Å². The monoisotopic (exact) mass is 885 g/mol.